The lowest BCUT2D eigenvalue weighted by molar-refractivity contribution is -0.235. The minimum absolute atomic E-state index is 0.0167. The van der Waals surface area contributed by atoms with Gasteiger partial charge in [0.05, 0.1) is 30.9 Å². The number of carbonyl (C=O) groups is 4. The molecule has 9 aliphatic rings. The molecule has 9 fully saturated rings. The number of allylic oxidation sites excluding steroid dienone is 1. The predicted molar refractivity (Wildman–Crippen MR) is 232 cm³/mol. The third kappa shape index (κ3) is 8.13. The number of hydrogen-bond donors (Lipinski definition) is 3. The largest absolute Gasteiger partial charge is 0.460 e. The van der Waals surface area contributed by atoms with E-state index in [0.29, 0.717) is 23.4 Å². The van der Waals surface area contributed by atoms with Crippen LogP contribution in [0.2, 0.25) is 0 Å². The highest BCUT2D eigenvalue weighted by Gasteiger charge is 2.78. The summed E-state index contributed by atoms with van der Waals surface area (Å²) < 4.78 is 31.8. The number of hydroxylamine groups is 2. The van der Waals surface area contributed by atoms with Gasteiger partial charge < -0.3 is 39.4 Å². The minimum Gasteiger partial charge on any atom is -0.460 e. The first-order valence-corrected chi connectivity index (χ1v) is 24.3. The molecule has 64 heavy (non-hydrogen) atoms. The van der Waals surface area contributed by atoms with Crippen molar-refractivity contribution in [2.24, 2.45) is 34.5 Å². The Morgan fingerprint density at radius 1 is 0.984 bits per heavy atom. The molecular weight excluding hydrogens is 819 g/mol. The standard InChI is InChI=1S/C50H69N3O11/c1-46(2,3)61-39(56)17-15-33(27-54)52-38(55)19-21-51-45(58)49-25-36-40-41(63-50(62-40,31-11-12-31)32-13-14-32)43(49)64-53(42(49)44(57)59-36)26-29-9-7-8-28(22-29)23-30-10-16-37-48(6,60-37)20-18-35-34(30)24-47(35,4)5/h7-9,22-23,31-37,40-43,54H,10-21,24-27H2,1-6H3,(H,51,58)(H,52,55). The first kappa shape index (κ1) is 44.4. The van der Waals surface area contributed by atoms with Crippen LogP contribution < -0.4 is 10.6 Å². The molecule has 4 heterocycles. The second-order valence-corrected chi connectivity index (χ2v) is 22.6. The van der Waals surface area contributed by atoms with E-state index in [-0.39, 0.29) is 62.8 Å². The van der Waals surface area contributed by atoms with Gasteiger partial charge >= 0.3 is 11.9 Å². The second-order valence-electron chi connectivity index (χ2n) is 22.6. The van der Waals surface area contributed by atoms with E-state index in [2.05, 4.69) is 55.7 Å². The van der Waals surface area contributed by atoms with Crippen molar-refractivity contribution in [3.63, 3.8) is 0 Å². The van der Waals surface area contributed by atoms with Crippen LogP contribution in [0.1, 0.15) is 136 Å². The maximum Gasteiger partial charge on any atom is 0.327 e. The molecule has 0 aromatic heterocycles. The molecule has 10 rings (SSSR count). The molecule has 0 spiro atoms. The van der Waals surface area contributed by atoms with Gasteiger partial charge in [-0.2, -0.15) is 5.06 Å². The Kier molecular flexibility index (Phi) is 11.2. The van der Waals surface area contributed by atoms with E-state index in [0.717, 1.165) is 56.1 Å². The van der Waals surface area contributed by atoms with Gasteiger partial charge in [-0.25, -0.2) is 0 Å². The van der Waals surface area contributed by atoms with Crippen LogP contribution in [0.5, 0.6) is 0 Å². The molecule has 5 aliphatic carbocycles. The van der Waals surface area contributed by atoms with Gasteiger partial charge in [0.2, 0.25) is 11.8 Å². The van der Waals surface area contributed by atoms with Crippen molar-refractivity contribution in [3.05, 3.63) is 41.0 Å². The van der Waals surface area contributed by atoms with Gasteiger partial charge in [0, 0.05) is 37.6 Å². The number of amides is 2. The van der Waals surface area contributed by atoms with Crippen molar-refractivity contribution >= 4 is 29.8 Å². The molecule has 14 nitrogen and oxygen atoms in total. The van der Waals surface area contributed by atoms with Crippen LogP contribution in [-0.2, 0) is 54.2 Å². The maximum atomic E-state index is 14.9. The number of ether oxygens (including phenoxy) is 5. The number of benzene rings is 1. The molecule has 350 valence electrons. The summed E-state index contributed by atoms with van der Waals surface area (Å²) in [6.07, 6.45) is 9.88. The average Bonchev–Trinajstić information content (AvgIpc) is 4.18. The number of hydrogen-bond acceptors (Lipinski definition) is 12. The van der Waals surface area contributed by atoms with Crippen LogP contribution in [0, 0.1) is 34.5 Å². The highest BCUT2D eigenvalue weighted by atomic mass is 16.8. The SMILES string of the molecule is CC(C)(C)OC(=O)CCC(CO)NC(=O)CCNC(=O)C12CC3OC(=O)C1N(Cc1cccc(C=C4CCC5OC5(C)CCC5C4CC5(C)C)c1)OC2C1OC(C2CC2)(C2CC2)OC31. The number of carbonyl (C=O) groups excluding carboxylic acids is 4. The van der Waals surface area contributed by atoms with Crippen LogP contribution >= 0.6 is 0 Å². The summed E-state index contributed by atoms with van der Waals surface area (Å²) in [7, 11) is 0. The van der Waals surface area contributed by atoms with Crippen molar-refractivity contribution < 1.29 is 52.8 Å². The Labute approximate surface area is 377 Å². The molecule has 3 N–H and O–H groups in total. The van der Waals surface area contributed by atoms with Crippen LogP contribution in [-0.4, -0.2) is 107 Å². The van der Waals surface area contributed by atoms with E-state index in [1.807, 2.05) is 6.07 Å². The van der Waals surface area contributed by atoms with E-state index in [1.54, 1.807) is 25.8 Å². The maximum absolute atomic E-state index is 14.9. The van der Waals surface area contributed by atoms with Crippen molar-refractivity contribution in [1.29, 1.82) is 0 Å². The molecule has 4 saturated heterocycles. The van der Waals surface area contributed by atoms with Crippen LogP contribution in [0.25, 0.3) is 6.08 Å². The lowest BCUT2D eigenvalue weighted by Gasteiger charge is -2.53. The Morgan fingerprint density at radius 2 is 1.73 bits per heavy atom. The fourth-order valence-corrected chi connectivity index (χ4v) is 12.7. The zero-order valence-corrected chi connectivity index (χ0v) is 38.5. The Bertz CT molecular complexity index is 2050. The number of epoxide rings is 1. The summed E-state index contributed by atoms with van der Waals surface area (Å²) in [5.74, 6) is -0.814. The van der Waals surface area contributed by atoms with Gasteiger partial charge in [0.15, 0.2) is 11.8 Å². The lowest BCUT2D eigenvalue weighted by atomic mass is 9.52. The van der Waals surface area contributed by atoms with Crippen molar-refractivity contribution in [3.8, 4) is 0 Å². The van der Waals surface area contributed by atoms with Gasteiger partial charge in [0.1, 0.15) is 35.4 Å². The molecule has 11 unspecified atom stereocenters. The van der Waals surface area contributed by atoms with E-state index >= 15 is 0 Å². The highest BCUT2D eigenvalue weighted by Crippen LogP contribution is 2.64. The highest BCUT2D eigenvalue weighted by molar-refractivity contribution is 5.94. The zero-order chi connectivity index (χ0) is 45.0. The van der Waals surface area contributed by atoms with Crippen LogP contribution in [0.4, 0.5) is 0 Å². The molecular formula is C50H69N3O11. The fraction of sp³-hybridized carbons (Fsp3) is 0.760. The molecule has 4 aliphatic heterocycles. The number of fused-ring (bicyclic) bond motifs is 6. The minimum atomic E-state index is -1.37. The lowest BCUT2D eigenvalue weighted by Crippen LogP contribution is -2.69. The van der Waals surface area contributed by atoms with Crippen molar-refractivity contribution in [2.75, 3.05) is 13.2 Å². The average molecular weight is 888 g/mol. The third-order valence-electron chi connectivity index (χ3n) is 16.3. The Balaban J connectivity index is 0.873. The summed E-state index contributed by atoms with van der Waals surface area (Å²) in [6, 6.07) is 6.68. The zero-order valence-electron chi connectivity index (χ0n) is 38.5. The number of nitrogens with one attached hydrogen (secondary N) is 2. The third-order valence-corrected chi connectivity index (χ3v) is 16.3. The van der Waals surface area contributed by atoms with Crippen molar-refractivity contribution in [2.45, 2.75) is 191 Å². The Hall–Kier alpha value is -3.40. The molecule has 1 aromatic rings. The molecule has 2 bridgehead atoms. The van der Waals surface area contributed by atoms with E-state index in [9.17, 15) is 24.3 Å². The smallest absolute Gasteiger partial charge is 0.327 e. The molecule has 1 aromatic carbocycles. The molecule has 14 heteroatoms. The summed E-state index contributed by atoms with van der Waals surface area (Å²) in [5.41, 5.74) is 1.85. The Morgan fingerprint density at radius 3 is 2.44 bits per heavy atom. The summed E-state index contributed by atoms with van der Waals surface area (Å²) in [4.78, 5) is 61.5. The summed E-state index contributed by atoms with van der Waals surface area (Å²) in [5, 5.41) is 17.4. The number of nitrogens with zero attached hydrogens (tertiary/aromatic N) is 1. The fourth-order valence-electron chi connectivity index (χ4n) is 12.7. The van der Waals surface area contributed by atoms with Gasteiger partial charge in [-0.15, -0.1) is 0 Å². The molecule has 0 radical (unpaired) electrons. The molecule has 11 atom stereocenters. The van der Waals surface area contributed by atoms with Crippen LogP contribution in [0.3, 0.4) is 0 Å². The number of aliphatic hydroxyl groups excluding tert-OH is 1. The first-order valence-electron chi connectivity index (χ1n) is 24.3. The first-order chi connectivity index (χ1) is 30.4. The normalized spacial score (nSPS) is 37.9. The summed E-state index contributed by atoms with van der Waals surface area (Å²) in [6.45, 7) is 12.3. The number of esters is 2. The van der Waals surface area contributed by atoms with Gasteiger partial charge in [-0.3, -0.25) is 24.0 Å². The van der Waals surface area contributed by atoms with E-state index < -0.39 is 77.1 Å². The number of aliphatic hydroxyl groups is 1. The van der Waals surface area contributed by atoms with Crippen LogP contribution in [0.15, 0.2) is 29.8 Å². The van der Waals surface area contributed by atoms with Crippen molar-refractivity contribution in [1.82, 2.24) is 15.7 Å². The summed E-state index contributed by atoms with van der Waals surface area (Å²) >= 11 is 0. The monoisotopic (exact) mass is 887 g/mol. The van der Waals surface area contributed by atoms with Gasteiger partial charge in [-0.05, 0) is 120 Å². The van der Waals surface area contributed by atoms with Gasteiger partial charge in [0.25, 0.3) is 0 Å². The second kappa shape index (κ2) is 16.1. The van der Waals surface area contributed by atoms with Gasteiger partial charge in [-0.1, -0.05) is 49.8 Å². The predicted octanol–water partition coefficient (Wildman–Crippen LogP) is 5.67. The molecule has 2 amide bonds. The topological polar surface area (TPSA) is 174 Å². The van der Waals surface area contributed by atoms with E-state index in [1.165, 1.54) is 18.4 Å². The molecule has 5 saturated carbocycles. The quantitative estimate of drug-likeness (QED) is 0.155. The number of rotatable bonds is 14. The van der Waals surface area contributed by atoms with E-state index in [4.69, 9.17) is 28.5 Å².